The van der Waals surface area contributed by atoms with E-state index in [4.69, 9.17) is 10.5 Å². The highest BCUT2D eigenvalue weighted by Gasteiger charge is 2.28. The fourth-order valence-corrected chi connectivity index (χ4v) is 2.53. The molecular formula is C15H18N4O2. The largest absolute Gasteiger partial charge is 0.396 e. The molecule has 2 aromatic rings. The molecule has 6 nitrogen and oxygen atoms in total. The van der Waals surface area contributed by atoms with E-state index in [0.717, 1.165) is 5.56 Å². The minimum Gasteiger partial charge on any atom is -0.396 e. The number of aryl methyl sites for hydroxylation is 1. The van der Waals surface area contributed by atoms with Crippen molar-refractivity contribution >= 4 is 11.6 Å². The Morgan fingerprint density at radius 3 is 2.81 bits per heavy atom. The number of anilines is 1. The topological polar surface area (TPSA) is 73.4 Å². The van der Waals surface area contributed by atoms with Gasteiger partial charge in [0.25, 0.3) is 5.91 Å². The monoisotopic (exact) mass is 286 g/mol. The molecule has 1 aromatic carbocycles. The van der Waals surface area contributed by atoms with Gasteiger partial charge >= 0.3 is 0 Å². The van der Waals surface area contributed by atoms with Crippen molar-refractivity contribution in [2.24, 2.45) is 7.05 Å². The van der Waals surface area contributed by atoms with Crippen LogP contribution in [0.15, 0.2) is 36.5 Å². The Balaban J connectivity index is 1.77. The van der Waals surface area contributed by atoms with Crippen LogP contribution in [0.25, 0.3) is 0 Å². The van der Waals surface area contributed by atoms with Crippen LogP contribution in [0, 0.1) is 0 Å². The Labute approximate surface area is 123 Å². The summed E-state index contributed by atoms with van der Waals surface area (Å²) >= 11 is 0. The summed E-state index contributed by atoms with van der Waals surface area (Å²) < 4.78 is 7.32. The van der Waals surface area contributed by atoms with Crippen molar-refractivity contribution in [2.75, 3.05) is 25.4 Å². The molecule has 6 heteroatoms. The lowest BCUT2D eigenvalue weighted by Crippen LogP contribution is -2.42. The zero-order valence-corrected chi connectivity index (χ0v) is 11.9. The molecule has 110 valence electrons. The van der Waals surface area contributed by atoms with E-state index < -0.39 is 0 Å². The van der Waals surface area contributed by atoms with Crippen LogP contribution in [0.2, 0.25) is 0 Å². The van der Waals surface area contributed by atoms with E-state index in [1.165, 1.54) is 0 Å². The summed E-state index contributed by atoms with van der Waals surface area (Å²) in [6.45, 7) is 1.58. The van der Waals surface area contributed by atoms with Gasteiger partial charge in [-0.2, -0.15) is 5.10 Å². The van der Waals surface area contributed by atoms with Crippen LogP contribution in [0.1, 0.15) is 22.2 Å². The summed E-state index contributed by atoms with van der Waals surface area (Å²) in [6, 6.07) is 9.91. The number of carbonyl (C=O) groups is 1. The predicted molar refractivity (Wildman–Crippen MR) is 78.7 cm³/mol. The van der Waals surface area contributed by atoms with E-state index >= 15 is 0 Å². The highest BCUT2D eigenvalue weighted by Crippen LogP contribution is 2.23. The molecule has 2 N–H and O–H groups in total. The molecule has 0 radical (unpaired) electrons. The lowest BCUT2D eigenvalue weighted by molar-refractivity contribution is -0.0230. The second-order valence-corrected chi connectivity index (χ2v) is 5.13. The smallest absolute Gasteiger partial charge is 0.276 e. The van der Waals surface area contributed by atoms with Gasteiger partial charge in [0, 0.05) is 19.8 Å². The van der Waals surface area contributed by atoms with Crippen LogP contribution in [-0.2, 0) is 11.8 Å². The Kier molecular flexibility index (Phi) is 3.62. The van der Waals surface area contributed by atoms with Crippen molar-refractivity contribution < 1.29 is 9.53 Å². The van der Waals surface area contributed by atoms with Gasteiger partial charge in [0.2, 0.25) is 0 Å². The second-order valence-electron chi connectivity index (χ2n) is 5.13. The number of morpholine rings is 1. The first-order chi connectivity index (χ1) is 10.1. The number of nitrogens with zero attached hydrogens (tertiary/aromatic N) is 3. The summed E-state index contributed by atoms with van der Waals surface area (Å²) in [6.07, 6.45) is 1.54. The third-order valence-corrected chi connectivity index (χ3v) is 3.58. The van der Waals surface area contributed by atoms with E-state index in [-0.39, 0.29) is 12.0 Å². The molecule has 0 saturated carbocycles. The SMILES string of the molecule is Cn1cc(N)c(C(=O)N2CCOC(c3ccccc3)C2)n1. The molecular weight excluding hydrogens is 268 g/mol. The van der Waals surface area contributed by atoms with E-state index in [2.05, 4.69) is 5.10 Å². The quantitative estimate of drug-likeness (QED) is 0.900. The lowest BCUT2D eigenvalue weighted by atomic mass is 10.1. The average molecular weight is 286 g/mol. The highest BCUT2D eigenvalue weighted by molar-refractivity contribution is 5.97. The third-order valence-electron chi connectivity index (χ3n) is 3.58. The average Bonchev–Trinajstić information content (AvgIpc) is 2.86. The number of nitrogen functional groups attached to an aromatic ring is 1. The second kappa shape index (κ2) is 5.57. The first kappa shape index (κ1) is 13.6. The van der Waals surface area contributed by atoms with Crippen LogP contribution >= 0.6 is 0 Å². The minimum atomic E-state index is -0.141. The first-order valence-electron chi connectivity index (χ1n) is 6.90. The van der Waals surface area contributed by atoms with Crippen LogP contribution in [0.5, 0.6) is 0 Å². The van der Waals surface area contributed by atoms with Gasteiger partial charge in [-0.1, -0.05) is 30.3 Å². The van der Waals surface area contributed by atoms with E-state index in [1.807, 2.05) is 30.3 Å². The van der Waals surface area contributed by atoms with Crippen molar-refractivity contribution in [3.63, 3.8) is 0 Å². The maximum atomic E-state index is 12.5. The summed E-state index contributed by atoms with van der Waals surface area (Å²) in [7, 11) is 1.75. The Morgan fingerprint density at radius 1 is 1.38 bits per heavy atom. The molecule has 1 aliphatic rings. The minimum absolute atomic E-state index is 0.103. The molecule has 0 bridgehead atoms. The van der Waals surface area contributed by atoms with Crippen molar-refractivity contribution in [3.8, 4) is 0 Å². The molecule has 1 unspecified atom stereocenters. The maximum absolute atomic E-state index is 12.5. The Morgan fingerprint density at radius 2 is 2.14 bits per heavy atom. The van der Waals surface area contributed by atoms with Gasteiger partial charge in [-0.05, 0) is 5.56 Å². The molecule has 1 aliphatic heterocycles. The zero-order valence-electron chi connectivity index (χ0n) is 11.9. The van der Waals surface area contributed by atoms with E-state index in [9.17, 15) is 4.79 Å². The van der Waals surface area contributed by atoms with Crippen LogP contribution in [-0.4, -0.2) is 40.3 Å². The number of hydrogen-bond donors (Lipinski definition) is 1. The first-order valence-corrected chi connectivity index (χ1v) is 6.90. The molecule has 1 saturated heterocycles. The number of amides is 1. The van der Waals surface area contributed by atoms with Gasteiger partial charge in [0.15, 0.2) is 5.69 Å². The van der Waals surface area contributed by atoms with Crippen LogP contribution in [0.3, 0.4) is 0 Å². The van der Waals surface area contributed by atoms with Gasteiger partial charge in [0.1, 0.15) is 6.10 Å². The molecule has 1 amide bonds. The number of benzene rings is 1. The standard InChI is InChI=1S/C15H18N4O2/c1-18-9-12(16)14(17-18)15(20)19-7-8-21-13(10-19)11-5-3-2-4-6-11/h2-6,9,13H,7-8,10,16H2,1H3. The molecule has 0 spiro atoms. The zero-order chi connectivity index (χ0) is 14.8. The fourth-order valence-electron chi connectivity index (χ4n) is 2.53. The highest BCUT2D eigenvalue weighted by atomic mass is 16.5. The van der Waals surface area contributed by atoms with Gasteiger partial charge in [-0.25, -0.2) is 0 Å². The summed E-state index contributed by atoms with van der Waals surface area (Å²) in [5, 5.41) is 4.14. The van der Waals surface area contributed by atoms with Crippen LogP contribution in [0.4, 0.5) is 5.69 Å². The Bertz CT molecular complexity index is 638. The molecule has 1 fully saturated rings. The Hall–Kier alpha value is -2.34. The third kappa shape index (κ3) is 2.75. The summed E-state index contributed by atoms with van der Waals surface area (Å²) in [5.74, 6) is -0.141. The number of ether oxygens (including phenoxy) is 1. The molecule has 1 atom stereocenters. The summed E-state index contributed by atoms with van der Waals surface area (Å²) in [5.41, 5.74) is 7.62. The molecule has 0 aliphatic carbocycles. The number of rotatable bonds is 2. The molecule has 3 rings (SSSR count). The fraction of sp³-hybridized carbons (Fsp3) is 0.333. The van der Waals surface area contributed by atoms with Gasteiger partial charge < -0.3 is 15.4 Å². The number of hydrogen-bond acceptors (Lipinski definition) is 4. The van der Waals surface area contributed by atoms with E-state index in [0.29, 0.717) is 31.1 Å². The van der Waals surface area contributed by atoms with E-state index in [1.54, 1.807) is 22.8 Å². The predicted octanol–water partition coefficient (Wildman–Crippen LogP) is 1.22. The molecule has 2 heterocycles. The lowest BCUT2D eigenvalue weighted by Gasteiger charge is -2.32. The van der Waals surface area contributed by atoms with Crippen molar-refractivity contribution in [1.82, 2.24) is 14.7 Å². The van der Waals surface area contributed by atoms with Gasteiger partial charge in [-0.3, -0.25) is 9.48 Å². The molecule has 21 heavy (non-hydrogen) atoms. The number of aromatic nitrogens is 2. The van der Waals surface area contributed by atoms with Gasteiger partial charge in [-0.15, -0.1) is 0 Å². The van der Waals surface area contributed by atoms with Crippen molar-refractivity contribution in [2.45, 2.75) is 6.10 Å². The maximum Gasteiger partial charge on any atom is 0.276 e. The number of carbonyl (C=O) groups excluding carboxylic acids is 1. The molecule has 1 aromatic heterocycles. The van der Waals surface area contributed by atoms with Crippen LogP contribution < -0.4 is 5.73 Å². The number of nitrogens with two attached hydrogens (primary N) is 1. The van der Waals surface area contributed by atoms with Crippen molar-refractivity contribution in [1.29, 1.82) is 0 Å². The normalized spacial score (nSPS) is 18.7. The van der Waals surface area contributed by atoms with Gasteiger partial charge in [0.05, 0.1) is 18.8 Å². The summed E-state index contributed by atoms with van der Waals surface area (Å²) in [4.78, 5) is 14.3. The van der Waals surface area contributed by atoms with Crippen molar-refractivity contribution in [3.05, 3.63) is 47.8 Å².